The van der Waals surface area contributed by atoms with Crippen LogP contribution in [-0.4, -0.2) is 20.7 Å². The third kappa shape index (κ3) is 6.20. The van der Waals surface area contributed by atoms with Gasteiger partial charge >= 0.3 is 0 Å². The molecule has 0 fully saturated rings. The minimum atomic E-state index is -0.127. The standard InChI is InChI=1S/C29H32N4OS/c1-20-9-15-25(16-10-20)33-26(31-32-28(33)35-19-22-8-6-7-21(2)17-22)18-30-27(34)23-11-13-24(14-12-23)29(3,4)5/h6-17H,18-19H2,1-5H3,(H,30,34). The van der Waals surface area contributed by atoms with Crippen LogP contribution in [0.5, 0.6) is 0 Å². The molecule has 0 atom stereocenters. The number of nitrogens with zero attached hydrogens (tertiary/aromatic N) is 3. The zero-order valence-corrected chi connectivity index (χ0v) is 21.8. The van der Waals surface area contributed by atoms with Gasteiger partial charge in [-0.25, -0.2) is 0 Å². The number of carbonyl (C=O) groups is 1. The molecule has 5 nitrogen and oxygen atoms in total. The number of hydrogen-bond acceptors (Lipinski definition) is 4. The highest BCUT2D eigenvalue weighted by molar-refractivity contribution is 7.98. The number of rotatable bonds is 7. The van der Waals surface area contributed by atoms with Crippen LogP contribution in [0.1, 0.15) is 59.2 Å². The van der Waals surface area contributed by atoms with Gasteiger partial charge in [-0.15, -0.1) is 10.2 Å². The van der Waals surface area contributed by atoms with Crippen LogP contribution in [0.2, 0.25) is 0 Å². The van der Waals surface area contributed by atoms with Gasteiger partial charge in [0, 0.05) is 17.0 Å². The van der Waals surface area contributed by atoms with Crippen molar-refractivity contribution in [3.8, 4) is 5.69 Å². The first-order valence-corrected chi connectivity index (χ1v) is 12.8. The Morgan fingerprint density at radius 3 is 2.29 bits per heavy atom. The number of benzene rings is 3. The number of amides is 1. The van der Waals surface area contributed by atoms with E-state index in [0.717, 1.165) is 16.6 Å². The lowest BCUT2D eigenvalue weighted by atomic mass is 9.87. The third-order valence-corrected chi connectivity index (χ3v) is 6.86. The van der Waals surface area contributed by atoms with Gasteiger partial charge in [-0.1, -0.05) is 92.2 Å². The summed E-state index contributed by atoms with van der Waals surface area (Å²) in [6.45, 7) is 10.9. The smallest absolute Gasteiger partial charge is 0.251 e. The lowest BCUT2D eigenvalue weighted by molar-refractivity contribution is 0.0949. The minimum Gasteiger partial charge on any atom is -0.345 e. The quantitative estimate of drug-likeness (QED) is 0.308. The van der Waals surface area contributed by atoms with Gasteiger partial charge in [0.1, 0.15) is 0 Å². The Balaban J connectivity index is 1.53. The van der Waals surface area contributed by atoms with Crippen molar-refractivity contribution in [3.63, 3.8) is 0 Å². The van der Waals surface area contributed by atoms with Crippen molar-refractivity contribution in [1.82, 2.24) is 20.1 Å². The Labute approximate surface area is 212 Å². The van der Waals surface area contributed by atoms with E-state index in [1.807, 2.05) is 28.8 Å². The van der Waals surface area contributed by atoms with Gasteiger partial charge in [0.15, 0.2) is 11.0 Å². The van der Waals surface area contributed by atoms with Crippen LogP contribution in [-0.2, 0) is 17.7 Å². The normalized spacial score (nSPS) is 11.5. The second kappa shape index (κ2) is 10.5. The molecule has 0 bridgehead atoms. The highest BCUT2D eigenvalue weighted by atomic mass is 32.2. The topological polar surface area (TPSA) is 59.8 Å². The lowest BCUT2D eigenvalue weighted by Crippen LogP contribution is -2.25. The van der Waals surface area contributed by atoms with Crippen LogP contribution in [0, 0.1) is 13.8 Å². The highest BCUT2D eigenvalue weighted by Crippen LogP contribution is 2.26. The van der Waals surface area contributed by atoms with Crippen LogP contribution in [0.25, 0.3) is 5.69 Å². The maximum absolute atomic E-state index is 12.8. The molecule has 0 unspecified atom stereocenters. The summed E-state index contributed by atoms with van der Waals surface area (Å²) in [6.07, 6.45) is 0. The van der Waals surface area contributed by atoms with Gasteiger partial charge in [-0.2, -0.15) is 0 Å². The molecule has 1 aromatic heterocycles. The largest absolute Gasteiger partial charge is 0.345 e. The summed E-state index contributed by atoms with van der Waals surface area (Å²) in [5, 5.41) is 12.7. The average Bonchev–Trinajstić information content (AvgIpc) is 3.24. The molecule has 0 aliphatic heterocycles. The van der Waals surface area contributed by atoms with Crippen molar-refractivity contribution in [2.45, 2.75) is 57.5 Å². The molecule has 1 N–H and O–H groups in total. The van der Waals surface area contributed by atoms with Gasteiger partial charge in [-0.3, -0.25) is 9.36 Å². The number of nitrogens with one attached hydrogen (secondary N) is 1. The molecule has 1 heterocycles. The Hall–Kier alpha value is -3.38. The van der Waals surface area contributed by atoms with Crippen LogP contribution < -0.4 is 5.32 Å². The van der Waals surface area contributed by atoms with Gasteiger partial charge in [0.2, 0.25) is 0 Å². The summed E-state index contributed by atoms with van der Waals surface area (Å²) >= 11 is 1.64. The summed E-state index contributed by atoms with van der Waals surface area (Å²) in [4.78, 5) is 12.8. The van der Waals surface area contributed by atoms with Crippen molar-refractivity contribution in [3.05, 3.63) is 106 Å². The predicted molar refractivity (Wildman–Crippen MR) is 143 cm³/mol. The molecule has 3 aromatic carbocycles. The number of thioether (sulfide) groups is 1. The number of hydrogen-bond donors (Lipinski definition) is 1. The van der Waals surface area contributed by atoms with Crippen molar-refractivity contribution < 1.29 is 4.79 Å². The van der Waals surface area contributed by atoms with Gasteiger partial charge in [0.05, 0.1) is 6.54 Å². The highest BCUT2D eigenvalue weighted by Gasteiger charge is 2.17. The summed E-state index contributed by atoms with van der Waals surface area (Å²) in [5.41, 5.74) is 6.52. The van der Waals surface area contributed by atoms with Crippen molar-refractivity contribution >= 4 is 17.7 Å². The van der Waals surface area contributed by atoms with Crippen molar-refractivity contribution in [2.24, 2.45) is 0 Å². The van der Waals surface area contributed by atoms with Crippen LogP contribution in [0.4, 0.5) is 0 Å². The lowest BCUT2D eigenvalue weighted by Gasteiger charge is -2.19. The molecule has 0 spiro atoms. The summed E-state index contributed by atoms with van der Waals surface area (Å²) in [5.74, 6) is 1.36. The number of aromatic nitrogens is 3. The molecule has 0 aliphatic carbocycles. The SMILES string of the molecule is Cc1ccc(-n2c(CNC(=O)c3ccc(C(C)(C)C)cc3)nnc2SCc2cccc(C)c2)cc1. The molecule has 0 saturated carbocycles. The van der Waals surface area contributed by atoms with Crippen LogP contribution in [0.3, 0.4) is 0 Å². The van der Waals surface area contributed by atoms with Gasteiger partial charge < -0.3 is 5.32 Å². The summed E-state index contributed by atoms with van der Waals surface area (Å²) in [6, 6.07) is 24.5. The third-order valence-electron chi connectivity index (χ3n) is 5.86. The van der Waals surface area contributed by atoms with E-state index >= 15 is 0 Å². The molecule has 6 heteroatoms. The van der Waals surface area contributed by atoms with E-state index in [4.69, 9.17) is 0 Å². The van der Waals surface area contributed by atoms with E-state index in [-0.39, 0.29) is 17.9 Å². The molecular weight excluding hydrogens is 452 g/mol. The fourth-order valence-electron chi connectivity index (χ4n) is 3.79. The van der Waals surface area contributed by atoms with Gasteiger partial charge in [0.25, 0.3) is 5.91 Å². The van der Waals surface area contributed by atoms with Gasteiger partial charge in [-0.05, 0) is 54.7 Å². The van der Waals surface area contributed by atoms with E-state index in [0.29, 0.717) is 11.4 Å². The second-order valence-corrected chi connectivity index (χ2v) is 10.8. The maximum atomic E-state index is 12.8. The van der Waals surface area contributed by atoms with E-state index in [9.17, 15) is 4.79 Å². The average molecular weight is 485 g/mol. The Morgan fingerprint density at radius 1 is 0.914 bits per heavy atom. The van der Waals surface area contributed by atoms with E-state index in [1.165, 1.54) is 22.3 Å². The van der Waals surface area contributed by atoms with E-state index < -0.39 is 0 Å². The van der Waals surface area contributed by atoms with E-state index in [1.54, 1.807) is 11.8 Å². The Kier molecular flexibility index (Phi) is 7.41. The molecule has 1 amide bonds. The molecule has 4 rings (SSSR count). The van der Waals surface area contributed by atoms with Crippen LogP contribution in [0.15, 0.2) is 78.0 Å². The Morgan fingerprint density at radius 2 is 1.63 bits per heavy atom. The molecule has 35 heavy (non-hydrogen) atoms. The van der Waals surface area contributed by atoms with E-state index in [2.05, 4.69) is 98.7 Å². The fourth-order valence-corrected chi connectivity index (χ4v) is 4.71. The fraction of sp³-hybridized carbons (Fsp3) is 0.276. The second-order valence-electron chi connectivity index (χ2n) is 9.86. The van der Waals surface area contributed by atoms with Crippen molar-refractivity contribution in [1.29, 1.82) is 0 Å². The first kappa shape index (κ1) is 24.7. The minimum absolute atomic E-state index is 0.0476. The number of carbonyl (C=O) groups excluding carboxylic acids is 1. The monoisotopic (exact) mass is 484 g/mol. The first-order valence-electron chi connectivity index (χ1n) is 11.8. The van der Waals surface area contributed by atoms with Crippen LogP contribution >= 0.6 is 11.8 Å². The molecule has 0 aliphatic rings. The molecule has 0 saturated heterocycles. The zero-order valence-electron chi connectivity index (χ0n) is 21.0. The summed E-state index contributed by atoms with van der Waals surface area (Å²) in [7, 11) is 0. The molecule has 4 aromatic rings. The summed E-state index contributed by atoms with van der Waals surface area (Å²) < 4.78 is 2.03. The Bertz CT molecular complexity index is 1300. The molecule has 0 radical (unpaired) electrons. The number of aryl methyl sites for hydroxylation is 2. The van der Waals surface area contributed by atoms with Crippen molar-refractivity contribution in [2.75, 3.05) is 0 Å². The first-order chi connectivity index (χ1) is 16.7. The molecular formula is C29H32N4OS. The molecule has 180 valence electrons. The maximum Gasteiger partial charge on any atom is 0.251 e. The predicted octanol–water partition coefficient (Wildman–Crippen LogP) is 6.40. The zero-order chi connectivity index (χ0) is 25.0.